The van der Waals surface area contributed by atoms with Crippen molar-refractivity contribution in [1.29, 1.82) is 0 Å². The second kappa shape index (κ2) is 10.1. The Balaban J connectivity index is 1.51. The number of hydrogen-bond donors (Lipinski definition) is 2. The number of carbonyl (C=O) groups is 4. The van der Waals surface area contributed by atoms with Crippen LogP contribution in [0.1, 0.15) is 22.3 Å². The minimum Gasteiger partial charge on any atom is -0.495 e. The Morgan fingerprint density at radius 2 is 1.94 bits per heavy atom. The van der Waals surface area contributed by atoms with Gasteiger partial charge < -0.3 is 14.8 Å². The van der Waals surface area contributed by atoms with Crippen molar-refractivity contribution >= 4 is 41.0 Å². The van der Waals surface area contributed by atoms with Crippen LogP contribution in [0.5, 0.6) is 5.75 Å². The fourth-order valence-corrected chi connectivity index (χ4v) is 3.37. The van der Waals surface area contributed by atoms with Gasteiger partial charge in [-0.1, -0.05) is 29.8 Å². The zero-order valence-electron chi connectivity index (χ0n) is 17.5. The summed E-state index contributed by atoms with van der Waals surface area (Å²) < 4.78 is 10.2. The molecule has 32 heavy (non-hydrogen) atoms. The van der Waals surface area contributed by atoms with E-state index in [1.54, 1.807) is 43.3 Å². The minimum absolute atomic E-state index is 0.0426. The molecule has 0 spiro atoms. The number of halogens is 1. The molecule has 0 aromatic heterocycles. The van der Waals surface area contributed by atoms with Crippen molar-refractivity contribution < 1.29 is 28.7 Å². The van der Waals surface area contributed by atoms with E-state index in [1.807, 2.05) is 0 Å². The maximum atomic E-state index is 12.4. The lowest BCUT2D eigenvalue weighted by Gasteiger charge is -2.18. The second-order valence-corrected chi connectivity index (χ2v) is 7.60. The first-order valence-electron chi connectivity index (χ1n) is 9.75. The number of nitrogens with one attached hydrogen (secondary N) is 2. The Morgan fingerprint density at radius 1 is 1.19 bits per heavy atom. The van der Waals surface area contributed by atoms with Crippen LogP contribution in [0.2, 0.25) is 5.02 Å². The highest BCUT2D eigenvalue weighted by Crippen LogP contribution is 2.27. The third-order valence-electron chi connectivity index (χ3n) is 4.87. The molecule has 2 N–H and O–H groups in total. The number of methoxy groups -OCH3 is 1. The maximum absolute atomic E-state index is 12.4. The lowest BCUT2D eigenvalue weighted by Crippen LogP contribution is -2.43. The highest BCUT2D eigenvalue weighted by Gasteiger charge is 2.36. The van der Waals surface area contributed by atoms with Crippen molar-refractivity contribution in [3.63, 3.8) is 0 Å². The van der Waals surface area contributed by atoms with E-state index in [0.29, 0.717) is 22.0 Å². The summed E-state index contributed by atoms with van der Waals surface area (Å²) in [5.74, 6) is -2.56. The van der Waals surface area contributed by atoms with Gasteiger partial charge in [0.1, 0.15) is 5.75 Å². The number of hydrazine groups is 1. The van der Waals surface area contributed by atoms with Crippen LogP contribution in [-0.2, 0) is 19.1 Å². The van der Waals surface area contributed by atoms with Crippen LogP contribution in [-0.4, -0.2) is 49.0 Å². The van der Waals surface area contributed by atoms with Gasteiger partial charge in [0, 0.05) is 17.0 Å². The largest absolute Gasteiger partial charge is 0.495 e. The minimum atomic E-state index is -0.798. The summed E-state index contributed by atoms with van der Waals surface area (Å²) >= 11 is 5.92. The molecule has 1 aliphatic rings. The van der Waals surface area contributed by atoms with Crippen LogP contribution in [0, 0.1) is 12.8 Å². The van der Waals surface area contributed by atoms with Crippen molar-refractivity contribution in [2.75, 3.05) is 25.6 Å². The number of ether oxygens (including phenoxy) is 2. The molecule has 2 aromatic carbocycles. The molecule has 1 saturated heterocycles. The number of benzene rings is 2. The molecule has 3 rings (SSSR count). The highest BCUT2D eigenvalue weighted by atomic mass is 35.5. The van der Waals surface area contributed by atoms with Crippen LogP contribution in [0.15, 0.2) is 42.5 Å². The number of hydrogen-bond acceptors (Lipinski definition) is 6. The Hall–Kier alpha value is -3.59. The number of esters is 1. The summed E-state index contributed by atoms with van der Waals surface area (Å²) in [7, 11) is 1.44. The smallest absolute Gasteiger partial charge is 0.311 e. The van der Waals surface area contributed by atoms with Crippen molar-refractivity contribution in [2.45, 2.75) is 13.3 Å². The molecular formula is C22H22ClN3O6. The van der Waals surface area contributed by atoms with E-state index in [2.05, 4.69) is 10.7 Å². The zero-order chi connectivity index (χ0) is 23.3. The average molecular weight is 460 g/mol. The molecule has 0 radical (unpaired) electrons. The lowest BCUT2D eigenvalue weighted by atomic mass is 10.1. The van der Waals surface area contributed by atoms with Gasteiger partial charge in [0.05, 0.1) is 25.3 Å². The van der Waals surface area contributed by atoms with Crippen molar-refractivity contribution in [1.82, 2.24) is 10.4 Å². The van der Waals surface area contributed by atoms with Gasteiger partial charge in [-0.3, -0.25) is 29.6 Å². The topological polar surface area (TPSA) is 114 Å². The van der Waals surface area contributed by atoms with E-state index < -0.39 is 36.2 Å². The molecule has 3 amide bonds. The SMILES string of the molecule is COc1ccc(Cl)cc1NC(=O)COC(=O)[C@@H]1CC(=O)N(NC(=O)c2ccccc2C)C1. The fourth-order valence-electron chi connectivity index (χ4n) is 3.20. The summed E-state index contributed by atoms with van der Waals surface area (Å²) in [6.45, 7) is 1.19. The molecule has 0 bridgehead atoms. The molecule has 168 valence electrons. The lowest BCUT2D eigenvalue weighted by molar-refractivity contribution is -0.151. The molecule has 0 saturated carbocycles. The summed E-state index contributed by atoms with van der Waals surface area (Å²) in [6.07, 6.45) is -0.128. The number of carbonyl (C=O) groups excluding carboxylic acids is 4. The van der Waals surface area contributed by atoms with Gasteiger partial charge >= 0.3 is 5.97 Å². The standard InChI is InChI=1S/C22H22ClN3O6/c1-13-5-3-4-6-16(13)21(29)25-26-11-14(9-20(26)28)22(30)32-12-19(27)24-17-10-15(23)7-8-18(17)31-2/h3-8,10,14H,9,11-12H2,1-2H3,(H,24,27)(H,25,29)/t14-/m1/s1. The molecule has 0 aliphatic carbocycles. The van der Waals surface area contributed by atoms with E-state index >= 15 is 0 Å². The van der Waals surface area contributed by atoms with Crippen LogP contribution >= 0.6 is 11.6 Å². The van der Waals surface area contributed by atoms with Crippen LogP contribution in [0.3, 0.4) is 0 Å². The molecule has 1 atom stereocenters. The number of amides is 3. The Bertz CT molecular complexity index is 1060. The third kappa shape index (κ3) is 5.55. The Kier molecular flexibility index (Phi) is 7.32. The van der Waals surface area contributed by atoms with Gasteiger partial charge in [-0.2, -0.15) is 0 Å². The number of nitrogens with zero attached hydrogens (tertiary/aromatic N) is 1. The summed E-state index contributed by atoms with van der Waals surface area (Å²) in [5, 5.41) is 4.05. The van der Waals surface area contributed by atoms with E-state index in [0.717, 1.165) is 10.6 Å². The van der Waals surface area contributed by atoms with E-state index in [4.69, 9.17) is 21.1 Å². The Labute approximate surface area is 189 Å². The predicted octanol–water partition coefficient (Wildman–Crippen LogP) is 2.33. The molecule has 0 unspecified atom stereocenters. The average Bonchev–Trinajstić information content (AvgIpc) is 3.12. The molecule has 1 fully saturated rings. The maximum Gasteiger partial charge on any atom is 0.311 e. The zero-order valence-corrected chi connectivity index (χ0v) is 18.3. The van der Waals surface area contributed by atoms with Crippen LogP contribution < -0.4 is 15.5 Å². The van der Waals surface area contributed by atoms with Gasteiger partial charge in [0.25, 0.3) is 11.8 Å². The van der Waals surface area contributed by atoms with Gasteiger partial charge in [0.2, 0.25) is 5.91 Å². The molecule has 2 aromatic rings. The summed E-state index contributed by atoms with van der Waals surface area (Å²) in [5.41, 5.74) is 4.04. The highest BCUT2D eigenvalue weighted by molar-refractivity contribution is 6.31. The van der Waals surface area contributed by atoms with Crippen molar-refractivity contribution in [2.24, 2.45) is 5.92 Å². The van der Waals surface area contributed by atoms with Gasteiger partial charge in [0.15, 0.2) is 6.61 Å². The van der Waals surface area contributed by atoms with Crippen LogP contribution in [0.4, 0.5) is 5.69 Å². The van der Waals surface area contributed by atoms with E-state index in [-0.39, 0.29) is 13.0 Å². The molecule has 9 nitrogen and oxygen atoms in total. The molecule has 10 heteroatoms. The Morgan fingerprint density at radius 3 is 2.66 bits per heavy atom. The third-order valence-corrected chi connectivity index (χ3v) is 5.10. The predicted molar refractivity (Wildman–Crippen MR) is 116 cm³/mol. The number of anilines is 1. The first-order valence-corrected chi connectivity index (χ1v) is 10.1. The van der Waals surface area contributed by atoms with Gasteiger partial charge in [-0.15, -0.1) is 0 Å². The van der Waals surface area contributed by atoms with Crippen molar-refractivity contribution in [3.05, 3.63) is 58.6 Å². The first-order chi connectivity index (χ1) is 15.3. The fraction of sp³-hybridized carbons (Fsp3) is 0.273. The van der Waals surface area contributed by atoms with Crippen molar-refractivity contribution in [3.8, 4) is 5.75 Å². The van der Waals surface area contributed by atoms with Gasteiger partial charge in [-0.05, 0) is 36.8 Å². The summed E-state index contributed by atoms with van der Waals surface area (Å²) in [4.78, 5) is 49.1. The quantitative estimate of drug-likeness (QED) is 0.614. The number of aryl methyl sites for hydroxylation is 1. The molecule has 1 heterocycles. The van der Waals surface area contributed by atoms with Gasteiger partial charge in [-0.25, -0.2) is 0 Å². The number of rotatable bonds is 7. The van der Waals surface area contributed by atoms with E-state index in [9.17, 15) is 19.2 Å². The van der Waals surface area contributed by atoms with Crippen LogP contribution in [0.25, 0.3) is 0 Å². The monoisotopic (exact) mass is 459 g/mol. The molecular weight excluding hydrogens is 438 g/mol. The summed E-state index contributed by atoms with van der Waals surface area (Å²) in [6, 6.07) is 11.7. The van der Waals surface area contributed by atoms with E-state index in [1.165, 1.54) is 13.2 Å². The molecule has 1 aliphatic heterocycles. The first kappa shape index (κ1) is 23.1. The second-order valence-electron chi connectivity index (χ2n) is 7.16. The normalized spacial score (nSPS) is 15.3.